The number of Topliss-reactive ketones (excluding diaryl/α,β-unsaturated/α-hetero) is 1. The molecule has 1 amide bonds. The van der Waals surface area contributed by atoms with E-state index in [4.69, 9.17) is 4.74 Å². The van der Waals surface area contributed by atoms with Gasteiger partial charge in [0.2, 0.25) is 0 Å². The van der Waals surface area contributed by atoms with Gasteiger partial charge < -0.3 is 10.1 Å². The highest BCUT2D eigenvalue weighted by Crippen LogP contribution is 2.26. The zero-order valence-corrected chi connectivity index (χ0v) is 13.7. The highest BCUT2D eigenvalue weighted by atomic mass is 19.4. The van der Waals surface area contributed by atoms with Crippen LogP contribution in [-0.2, 0) is 28.9 Å². The summed E-state index contributed by atoms with van der Waals surface area (Å²) >= 11 is 0. The Hall–Kier alpha value is -2.98. The Kier molecular flexibility index (Phi) is 6.26. The lowest BCUT2D eigenvalue weighted by molar-refractivity contribution is -0.148. The molecule has 2 aromatic rings. The van der Waals surface area contributed by atoms with Crippen LogP contribution in [0.1, 0.15) is 24.7 Å². The van der Waals surface area contributed by atoms with Gasteiger partial charge in [0.05, 0.1) is 6.04 Å². The summed E-state index contributed by atoms with van der Waals surface area (Å²) in [7, 11) is 0. The summed E-state index contributed by atoms with van der Waals surface area (Å²) in [6.45, 7) is 0.881. The SMILES string of the molecule is CCC(NC(=O)OCc1ccccc1)C(=O)Cn1nnnc1C(F)(F)F. The second-order valence-corrected chi connectivity index (χ2v) is 5.29. The van der Waals surface area contributed by atoms with Crippen LogP contribution in [0.15, 0.2) is 30.3 Å². The van der Waals surface area contributed by atoms with Gasteiger partial charge in [-0.25, -0.2) is 9.48 Å². The first kappa shape index (κ1) is 19.3. The number of aromatic nitrogens is 4. The molecule has 2 rings (SSSR count). The minimum Gasteiger partial charge on any atom is -0.445 e. The number of ketones is 1. The quantitative estimate of drug-likeness (QED) is 0.799. The molecule has 1 N–H and O–H groups in total. The number of benzene rings is 1. The van der Waals surface area contributed by atoms with Crippen molar-refractivity contribution in [3.63, 3.8) is 0 Å². The van der Waals surface area contributed by atoms with Gasteiger partial charge in [0.1, 0.15) is 13.2 Å². The highest BCUT2D eigenvalue weighted by molar-refractivity contribution is 5.87. The predicted molar refractivity (Wildman–Crippen MR) is 81.7 cm³/mol. The molecule has 1 heterocycles. The number of ether oxygens (including phenoxy) is 1. The summed E-state index contributed by atoms with van der Waals surface area (Å²) in [5.74, 6) is -2.06. The predicted octanol–water partition coefficient (Wildman–Crippen LogP) is 1.97. The normalized spacial score (nSPS) is 12.5. The molecule has 140 valence electrons. The van der Waals surface area contributed by atoms with E-state index in [9.17, 15) is 22.8 Å². The Morgan fingerprint density at radius 1 is 1.27 bits per heavy atom. The monoisotopic (exact) mass is 371 g/mol. The zero-order chi connectivity index (χ0) is 19.2. The molecule has 0 radical (unpaired) electrons. The summed E-state index contributed by atoms with van der Waals surface area (Å²) < 4.78 is 43.5. The number of carbonyl (C=O) groups excluding carboxylic acids is 2. The molecule has 1 unspecified atom stereocenters. The maximum absolute atomic E-state index is 12.7. The van der Waals surface area contributed by atoms with E-state index in [1.165, 1.54) is 0 Å². The molecule has 0 aliphatic carbocycles. The molecule has 0 saturated heterocycles. The Morgan fingerprint density at radius 3 is 2.58 bits per heavy atom. The molecule has 0 bridgehead atoms. The summed E-state index contributed by atoms with van der Waals surface area (Å²) in [5.41, 5.74) is 0.755. The van der Waals surface area contributed by atoms with Crippen molar-refractivity contribution in [3.8, 4) is 0 Å². The average molecular weight is 371 g/mol. The van der Waals surface area contributed by atoms with Crippen molar-refractivity contribution in [3.05, 3.63) is 41.7 Å². The Bertz CT molecular complexity index is 748. The van der Waals surface area contributed by atoms with Crippen LogP contribution < -0.4 is 5.32 Å². The van der Waals surface area contributed by atoms with Crippen molar-refractivity contribution in [1.82, 2.24) is 25.5 Å². The van der Waals surface area contributed by atoms with Gasteiger partial charge in [-0.1, -0.05) is 37.3 Å². The van der Waals surface area contributed by atoms with E-state index >= 15 is 0 Å². The van der Waals surface area contributed by atoms with Gasteiger partial charge in [-0.3, -0.25) is 4.79 Å². The number of hydrogen-bond donors (Lipinski definition) is 1. The standard InChI is InChI=1S/C15H16F3N5O3/c1-2-11(19-14(25)26-9-10-6-4-3-5-7-10)12(24)8-23-13(15(16,17)18)20-21-22-23/h3-7,11H,2,8-9H2,1H3,(H,19,25). The molecule has 0 spiro atoms. The van der Waals surface area contributed by atoms with Crippen LogP contribution in [0.25, 0.3) is 0 Å². The molecule has 0 aliphatic rings. The first-order valence-electron chi connectivity index (χ1n) is 7.64. The third-order valence-electron chi connectivity index (χ3n) is 3.39. The Balaban J connectivity index is 1.92. The third kappa shape index (κ3) is 5.26. The summed E-state index contributed by atoms with van der Waals surface area (Å²) in [4.78, 5) is 24.0. The number of amides is 1. The minimum atomic E-state index is -4.78. The van der Waals surface area contributed by atoms with Gasteiger partial charge >= 0.3 is 12.3 Å². The van der Waals surface area contributed by atoms with Crippen molar-refractivity contribution in [1.29, 1.82) is 0 Å². The first-order valence-corrected chi connectivity index (χ1v) is 7.64. The minimum absolute atomic E-state index is 0.00250. The second kappa shape index (κ2) is 8.41. The molecular weight excluding hydrogens is 355 g/mol. The van der Waals surface area contributed by atoms with Gasteiger partial charge in [-0.05, 0) is 22.4 Å². The Morgan fingerprint density at radius 2 is 1.96 bits per heavy atom. The molecule has 1 aromatic heterocycles. The fraction of sp³-hybridized carbons (Fsp3) is 0.400. The molecule has 26 heavy (non-hydrogen) atoms. The number of alkyl halides is 3. The van der Waals surface area contributed by atoms with E-state index in [1.807, 2.05) is 6.07 Å². The van der Waals surface area contributed by atoms with E-state index in [-0.39, 0.29) is 13.0 Å². The van der Waals surface area contributed by atoms with Crippen LogP contribution in [0.3, 0.4) is 0 Å². The molecule has 0 aliphatic heterocycles. The number of halogens is 3. The number of carbonyl (C=O) groups is 2. The van der Waals surface area contributed by atoms with Crippen LogP contribution in [0, 0.1) is 0 Å². The smallest absolute Gasteiger partial charge is 0.445 e. The largest absolute Gasteiger partial charge is 0.453 e. The van der Waals surface area contributed by atoms with Crippen LogP contribution in [0.2, 0.25) is 0 Å². The van der Waals surface area contributed by atoms with Crippen LogP contribution in [0.4, 0.5) is 18.0 Å². The van der Waals surface area contributed by atoms with Crippen molar-refractivity contribution in [2.75, 3.05) is 0 Å². The summed E-state index contributed by atoms with van der Waals surface area (Å²) in [6, 6.07) is 7.85. The van der Waals surface area contributed by atoms with Crippen LogP contribution in [-0.4, -0.2) is 38.1 Å². The van der Waals surface area contributed by atoms with Gasteiger partial charge in [0, 0.05) is 0 Å². The molecule has 0 fully saturated rings. The third-order valence-corrected chi connectivity index (χ3v) is 3.39. The number of alkyl carbamates (subject to hydrolysis) is 1. The van der Waals surface area contributed by atoms with E-state index < -0.39 is 36.5 Å². The number of tetrazole rings is 1. The van der Waals surface area contributed by atoms with E-state index in [0.717, 1.165) is 5.56 Å². The molecule has 0 saturated carbocycles. The maximum atomic E-state index is 12.7. The van der Waals surface area contributed by atoms with E-state index in [0.29, 0.717) is 4.68 Å². The highest BCUT2D eigenvalue weighted by Gasteiger charge is 2.38. The first-order chi connectivity index (χ1) is 12.3. The van der Waals surface area contributed by atoms with Gasteiger partial charge in [0.15, 0.2) is 5.78 Å². The van der Waals surface area contributed by atoms with E-state index in [1.54, 1.807) is 31.2 Å². The Labute approximate surface area is 146 Å². The lowest BCUT2D eigenvalue weighted by atomic mass is 10.1. The summed E-state index contributed by atoms with van der Waals surface area (Å²) in [6.07, 6.45) is -5.46. The number of nitrogens with zero attached hydrogens (tertiary/aromatic N) is 4. The van der Waals surface area contributed by atoms with Crippen molar-refractivity contribution >= 4 is 11.9 Å². The second-order valence-electron chi connectivity index (χ2n) is 5.29. The van der Waals surface area contributed by atoms with Crippen LogP contribution >= 0.6 is 0 Å². The molecule has 1 aromatic carbocycles. The number of nitrogens with one attached hydrogen (secondary N) is 1. The fourth-order valence-electron chi connectivity index (χ4n) is 2.09. The van der Waals surface area contributed by atoms with Gasteiger partial charge in [0.25, 0.3) is 5.82 Å². The zero-order valence-electron chi connectivity index (χ0n) is 13.7. The molecular formula is C15H16F3N5O3. The van der Waals surface area contributed by atoms with Gasteiger partial charge in [-0.2, -0.15) is 13.2 Å². The van der Waals surface area contributed by atoms with Crippen molar-refractivity contribution in [2.45, 2.75) is 38.7 Å². The lowest BCUT2D eigenvalue weighted by Gasteiger charge is -2.16. The fourth-order valence-corrected chi connectivity index (χ4v) is 2.09. The maximum Gasteiger partial charge on any atom is 0.453 e. The number of rotatable bonds is 7. The van der Waals surface area contributed by atoms with Crippen molar-refractivity contribution < 1.29 is 27.5 Å². The van der Waals surface area contributed by atoms with E-state index in [2.05, 4.69) is 20.8 Å². The molecule has 8 nitrogen and oxygen atoms in total. The molecule has 1 atom stereocenters. The van der Waals surface area contributed by atoms with Gasteiger partial charge in [-0.15, -0.1) is 5.10 Å². The van der Waals surface area contributed by atoms with Crippen molar-refractivity contribution in [2.24, 2.45) is 0 Å². The lowest BCUT2D eigenvalue weighted by Crippen LogP contribution is -2.42. The van der Waals surface area contributed by atoms with Crippen LogP contribution in [0.5, 0.6) is 0 Å². The molecule has 11 heteroatoms. The topological polar surface area (TPSA) is 99.0 Å². The number of hydrogen-bond acceptors (Lipinski definition) is 6. The average Bonchev–Trinajstić information content (AvgIpc) is 3.07. The summed E-state index contributed by atoms with van der Waals surface area (Å²) in [5, 5.41) is 11.3.